The minimum absolute atomic E-state index is 0.0598. The molecule has 5 aliphatic rings. The number of hydrogen-bond acceptors (Lipinski definition) is 17. The van der Waals surface area contributed by atoms with Gasteiger partial charge in [-0.1, -0.05) is 48.4 Å². The third-order valence-corrected chi connectivity index (χ3v) is 16.4. The number of nitrogens with zero attached hydrogens (tertiary/aromatic N) is 2. The lowest BCUT2D eigenvalue weighted by Gasteiger charge is -2.46. The van der Waals surface area contributed by atoms with Gasteiger partial charge in [-0.25, -0.2) is 9.78 Å². The standard InChI is InChI=1S/C54H62N6O15/c55-41-8-4-14-52(41,30-6-2-1-3-7-30)44-28(17-31(64)24-62)21-53(51(71)72)45(44)34-19-38(66)39(74-54(73)50(70)49(69)48(68)40(25-63)75-54)20-36(34)60(53)43(67)13-11-27-10-12-37(65)32(16-27)33-18-29(23-61)35(47-46(33)58-26-59-47)22-57-42-9-5-15-56-42/h1-3,5-7,9-13,15-16,19-21,26,29,31,33,35,40-41,44-45,48-50,56-57,61-66,68-70,73H,4,8,14,17-18,22-25,55H2,(H,58,59)(H,71,72)/b13-11+/t29-,31-,33+,35-,40+,41-,44-,45-,48+,49-,50+,52-,53+,54-/m0/s1. The summed E-state index contributed by atoms with van der Waals surface area (Å²) in [5, 5.41) is 124. The van der Waals surface area contributed by atoms with Gasteiger partial charge >= 0.3 is 11.9 Å². The van der Waals surface area contributed by atoms with Gasteiger partial charge in [0.2, 0.25) is 0 Å². The van der Waals surface area contributed by atoms with Crippen molar-refractivity contribution in [3.8, 4) is 17.2 Å². The quantitative estimate of drug-likeness (QED) is 0.0380. The van der Waals surface area contributed by atoms with Crippen molar-refractivity contribution in [1.82, 2.24) is 15.0 Å². The lowest BCUT2D eigenvalue weighted by Crippen LogP contribution is -2.67. The third-order valence-electron chi connectivity index (χ3n) is 16.4. The van der Waals surface area contributed by atoms with Crippen LogP contribution in [0.4, 0.5) is 11.5 Å². The van der Waals surface area contributed by atoms with Crippen LogP contribution in [0.1, 0.15) is 83.5 Å². The molecule has 0 radical (unpaired) electrons. The number of aliphatic hydroxyl groups is 8. The van der Waals surface area contributed by atoms with Crippen molar-refractivity contribution in [3.05, 3.63) is 137 Å². The van der Waals surface area contributed by atoms with E-state index in [1.165, 1.54) is 24.3 Å². The molecule has 16 N–H and O–H groups in total. The van der Waals surface area contributed by atoms with Crippen molar-refractivity contribution in [3.63, 3.8) is 0 Å². The van der Waals surface area contributed by atoms with Gasteiger partial charge in [-0.3, -0.25) is 9.69 Å². The predicted octanol–water partition coefficient (Wildman–Crippen LogP) is 1.70. The molecule has 1 saturated carbocycles. The number of rotatable bonds is 16. The number of carbonyl (C=O) groups excluding carboxylic acids is 1. The molecular formula is C54H62N6O15. The fraction of sp³-hybridized carbons (Fsp3) is 0.426. The third kappa shape index (κ3) is 8.56. The molecule has 14 atom stereocenters. The van der Waals surface area contributed by atoms with Crippen LogP contribution in [-0.2, 0) is 19.7 Å². The normalized spacial score (nSPS) is 32.4. The van der Waals surface area contributed by atoms with Gasteiger partial charge in [-0.15, -0.1) is 0 Å². The van der Waals surface area contributed by atoms with E-state index in [0.717, 1.165) is 39.8 Å². The molecular weight excluding hydrogens is 973 g/mol. The summed E-state index contributed by atoms with van der Waals surface area (Å²) in [5.74, 6) is -9.38. The van der Waals surface area contributed by atoms with Gasteiger partial charge in [0.05, 0.1) is 37.0 Å². The van der Waals surface area contributed by atoms with Gasteiger partial charge < -0.3 is 86.7 Å². The fourth-order valence-corrected chi connectivity index (χ4v) is 13.0. The largest absolute Gasteiger partial charge is 0.508 e. The second kappa shape index (κ2) is 20.1. The number of carbonyl (C=O) groups is 2. The van der Waals surface area contributed by atoms with E-state index in [4.69, 9.17) is 15.2 Å². The van der Waals surface area contributed by atoms with Crippen LogP contribution in [-0.4, -0.2) is 157 Å². The summed E-state index contributed by atoms with van der Waals surface area (Å²) in [6.45, 7) is -1.32. The van der Waals surface area contributed by atoms with Crippen LogP contribution in [0, 0.1) is 11.8 Å². The summed E-state index contributed by atoms with van der Waals surface area (Å²) in [4.78, 5) is 42.0. The Morgan fingerprint density at radius 1 is 0.960 bits per heavy atom. The van der Waals surface area contributed by atoms with Crippen LogP contribution in [0.3, 0.4) is 0 Å². The minimum atomic E-state index is -3.22. The molecule has 21 heteroatoms. The van der Waals surface area contributed by atoms with E-state index < -0.39 is 108 Å². The van der Waals surface area contributed by atoms with Crippen molar-refractivity contribution in [2.45, 2.75) is 103 Å². The van der Waals surface area contributed by atoms with Crippen LogP contribution in [0.2, 0.25) is 0 Å². The molecule has 3 aliphatic carbocycles. The summed E-state index contributed by atoms with van der Waals surface area (Å²) in [5.41, 5.74) is 7.27. The zero-order valence-corrected chi connectivity index (χ0v) is 40.6. The van der Waals surface area contributed by atoms with E-state index in [2.05, 4.69) is 20.3 Å². The molecule has 2 aromatic heterocycles. The van der Waals surface area contributed by atoms with Crippen LogP contribution in [0.5, 0.6) is 17.2 Å². The number of aromatic hydroxyl groups is 2. The van der Waals surface area contributed by atoms with Crippen molar-refractivity contribution in [2.75, 3.05) is 36.6 Å². The average Bonchev–Trinajstić information content (AvgIpc) is 4.35. The summed E-state index contributed by atoms with van der Waals surface area (Å²) in [7, 11) is 0. The van der Waals surface area contributed by atoms with Gasteiger partial charge in [0.25, 0.3) is 5.91 Å². The molecule has 10 rings (SSSR count). The number of fused-ring (bicyclic) bond motifs is 4. The Labute approximate surface area is 429 Å². The number of nitrogens with one attached hydrogen (secondary N) is 3. The Morgan fingerprint density at radius 3 is 2.43 bits per heavy atom. The first-order valence-corrected chi connectivity index (χ1v) is 25.0. The average molecular weight is 1040 g/mol. The molecule has 75 heavy (non-hydrogen) atoms. The zero-order valence-electron chi connectivity index (χ0n) is 40.6. The SMILES string of the molecule is N[C@H]1CCC[C@@]1(c1ccccc1)[C@H]1C(C[C@H](O)CO)=C[C@]2(C(=O)O)[C@H]1c1cc(O)c(O[C@]3(O)O[C@H](CO)[C@@H](O)[C@H](O)[C@H]3O)cc1N2C(=O)/C=C/c1ccc(O)c([C@H]2C[C@@H](CO)[C@H](CNc3ccc[nH]3)c3nc[nH]c32)c1. The van der Waals surface area contributed by atoms with E-state index >= 15 is 4.79 Å². The molecule has 2 fully saturated rings. The van der Waals surface area contributed by atoms with Crippen LogP contribution < -0.4 is 20.7 Å². The number of carboxylic acid groups (broad SMARTS) is 1. The van der Waals surface area contributed by atoms with Gasteiger partial charge in [-0.05, 0) is 90.8 Å². The molecule has 0 unspecified atom stereocenters. The zero-order chi connectivity index (χ0) is 53.1. The lowest BCUT2D eigenvalue weighted by molar-refractivity contribution is -0.422. The van der Waals surface area contributed by atoms with E-state index in [1.54, 1.807) is 24.7 Å². The Hall–Kier alpha value is -6.63. The number of benzene rings is 3. The summed E-state index contributed by atoms with van der Waals surface area (Å²) in [6.07, 6.45) is -0.245. The Balaban J connectivity index is 1.08. The number of ether oxygens (including phenoxy) is 2. The number of aromatic amines is 2. The number of nitrogens with two attached hydrogens (primary N) is 1. The maximum Gasteiger partial charge on any atom is 0.355 e. The highest BCUT2D eigenvalue weighted by molar-refractivity contribution is 6.13. The number of phenolic OH excluding ortho intramolecular Hbond substituents is 2. The van der Waals surface area contributed by atoms with E-state index in [-0.39, 0.29) is 41.9 Å². The molecule has 4 heterocycles. The molecule has 3 aromatic carbocycles. The first-order chi connectivity index (χ1) is 36.0. The minimum Gasteiger partial charge on any atom is -0.508 e. The number of hydrogen-bond donors (Lipinski definition) is 15. The number of phenols is 2. The van der Waals surface area contributed by atoms with Gasteiger partial charge in [0, 0.05) is 77.9 Å². The summed E-state index contributed by atoms with van der Waals surface area (Å²) >= 11 is 0. The molecule has 398 valence electrons. The number of imidazole rings is 1. The molecule has 2 aliphatic heterocycles. The van der Waals surface area contributed by atoms with Crippen molar-refractivity contribution < 1.29 is 75.2 Å². The number of carboxylic acids is 1. The van der Waals surface area contributed by atoms with Gasteiger partial charge in [0.15, 0.2) is 23.1 Å². The number of aliphatic hydroxyl groups excluding tert-OH is 7. The summed E-state index contributed by atoms with van der Waals surface area (Å²) < 4.78 is 11.1. The molecule has 1 saturated heterocycles. The smallest absolute Gasteiger partial charge is 0.355 e. The predicted molar refractivity (Wildman–Crippen MR) is 268 cm³/mol. The highest BCUT2D eigenvalue weighted by atomic mass is 16.8. The van der Waals surface area contributed by atoms with Crippen molar-refractivity contribution >= 4 is 29.5 Å². The monoisotopic (exact) mass is 1030 g/mol. The molecule has 5 aromatic rings. The first kappa shape index (κ1) is 51.8. The number of aliphatic carboxylic acids is 1. The van der Waals surface area contributed by atoms with Crippen LogP contribution >= 0.6 is 0 Å². The van der Waals surface area contributed by atoms with E-state index in [1.807, 2.05) is 42.5 Å². The number of H-pyrrole nitrogens is 2. The second-order valence-corrected chi connectivity index (χ2v) is 20.5. The molecule has 21 nitrogen and oxygen atoms in total. The molecule has 1 amide bonds. The first-order valence-electron chi connectivity index (χ1n) is 25.0. The second-order valence-electron chi connectivity index (χ2n) is 20.5. The van der Waals surface area contributed by atoms with Crippen molar-refractivity contribution in [1.29, 1.82) is 0 Å². The Kier molecular flexibility index (Phi) is 13.9. The lowest BCUT2D eigenvalue weighted by atomic mass is 9.59. The Morgan fingerprint density at radius 2 is 1.75 bits per heavy atom. The highest BCUT2D eigenvalue weighted by Crippen LogP contribution is 2.67. The van der Waals surface area contributed by atoms with E-state index in [9.17, 15) is 61.0 Å². The van der Waals surface area contributed by atoms with Crippen LogP contribution in [0.15, 0.2) is 103 Å². The maximum atomic E-state index is 15.4. The molecule has 0 spiro atoms. The van der Waals surface area contributed by atoms with Gasteiger partial charge in [-0.2, -0.15) is 0 Å². The number of aromatic nitrogens is 3. The fourth-order valence-electron chi connectivity index (χ4n) is 13.0. The maximum absolute atomic E-state index is 15.4. The van der Waals surface area contributed by atoms with Crippen LogP contribution in [0.25, 0.3) is 6.08 Å². The summed E-state index contributed by atoms with van der Waals surface area (Å²) in [6, 6.07) is 19.4. The molecule has 0 bridgehead atoms. The Bertz CT molecular complexity index is 2970. The van der Waals surface area contributed by atoms with E-state index in [0.29, 0.717) is 48.9 Å². The topological polar surface area (TPSA) is 361 Å². The number of anilines is 2. The van der Waals surface area contributed by atoms with Crippen molar-refractivity contribution in [2.24, 2.45) is 17.6 Å². The number of amides is 1. The highest BCUT2D eigenvalue weighted by Gasteiger charge is 2.69. The van der Waals surface area contributed by atoms with Gasteiger partial charge in [0.1, 0.15) is 29.9 Å².